The number of nitrogens with zero attached hydrogens (tertiary/aromatic N) is 1. The van der Waals surface area contributed by atoms with Gasteiger partial charge in [-0.25, -0.2) is 0 Å². The summed E-state index contributed by atoms with van der Waals surface area (Å²) < 4.78 is 22.2. The Balaban J connectivity index is 1.82. The maximum Gasteiger partial charge on any atom is 0.295 e. The summed E-state index contributed by atoms with van der Waals surface area (Å²) in [6, 6.07) is 11.3. The van der Waals surface area contributed by atoms with Crippen molar-refractivity contribution in [3.63, 3.8) is 0 Å². The fourth-order valence-electron chi connectivity index (χ4n) is 4.02. The van der Waals surface area contributed by atoms with Gasteiger partial charge in [-0.1, -0.05) is 18.2 Å². The van der Waals surface area contributed by atoms with E-state index in [2.05, 4.69) is 0 Å². The van der Waals surface area contributed by atoms with Crippen LogP contribution in [0.2, 0.25) is 0 Å². The molecule has 0 saturated carbocycles. The standard InChI is InChI=1S/C25H27NO7/c1-15(2)33-18-6-4-5-17(13-18)23(27)21-22(26(9-10-30-3)25(29)24(21)28)16-7-8-19-20(14-16)32-12-11-31-19/h4-8,13-15,22,27H,9-12H2,1-3H3/b23-21-. The highest BCUT2D eigenvalue weighted by molar-refractivity contribution is 6.46. The third-order valence-corrected chi connectivity index (χ3v) is 5.44. The molecule has 2 aromatic carbocycles. The number of methoxy groups -OCH3 is 1. The van der Waals surface area contributed by atoms with Crippen LogP contribution in [0.1, 0.15) is 31.0 Å². The van der Waals surface area contributed by atoms with Crippen LogP contribution in [0.3, 0.4) is 0 Å². The predicted molar refractivity (Wildman–Crippen MR) is 121 cm³/mol. The third kappa shape index (κ3) is 4.52. The Morgan fingerprint density at radius 3 is 2.61 bits per heavy atom. The van der Waals surface area contributed by atoms with Gasteiger partial charge in [-0.15, -0.1) is 0 Å². The van der Waals surface area contributed by atoms with E-state index in [1.807, 2.05) is 13.8 Å². The number of aliphatic hydroxyl groups is 1. The average Bonchev–Trinajstić information content (AvgIpc) is 3.06. The molecular formula is C25H27NO7. The molecule has 1 saturated heterocycles. The van der Waals surface area contributed by atoms with Crippen LogP contribution in [0.5, 0.6) is 17.2 Å². The highest BCUT2D eigenvalue weighted by Gasteiger charge is 2.46. The second kappa shape index (κ2) is 9.54. The lowest BCUT2D eigenvalue weighted by molar-refractivity contribution is -0.140. The van der Waals surface area contributed by atoms with Gasteiger partial charge in [0, 0.05) is 19.2 Å². The van der Waals surface area contributed by atoms with Gasteiger partial charge < -0.3 is 29.0 Å². The number of aliphatic hydroxyl groups excluding tert-OH is 1. The second-order valence-corrected chi connectivity index (χ2v) is 8.08. The van der Waals surface area contributed by atoms with Crippen LogP contribution < -0.4 is 14.2 Å². The molecule has 1 unspecified atom stereocenters. The minimum atomic E-state index is -0.800. The Hall–Kier alpha value is -3.52. The number of amides is 1. The summed E-state index contributed by atoms with van der Waals surface area (Å²) in [5.74, 6) is -0.0246. The summed E-state index contributed by atoms with van der Waals surface area (Å²) in [7, 11) is 1.52. The van der Waals surface area contributed by atoms with E-state index >= 15 is 0 Å². The maximum absolute atomic E-state index is 13.1. The number of ether oxygens (including phenoxy) is 4. The number of carbonyl (C=O) groups is 2. The molecule has 1 atom stereocenters. The Morgan fingerprint density at radius 2 is 1.88 bits per heavy atom. The number of likely N-dealkylation sites (tertiary alicyclic amines) is 1. The van der Waals surface area contributed by atoms with E-state index in [1.54, 1.807) is 42.5 Å². The molecule has 1 amide bonds. The molecule has 2 aromatic rings. The van der Waals surface area contributed by atoms with E-state index in [1.165, 1.54) is 12.0 Å². The molecule has 2 heterocycles. The summed E-state index contributed by atoms with van der Waals surface area (Å²) in [5.41, 5.74) is 1.03. The first-order chi connectivity index (χ1) is 15.9. The Kier molecular flexibility index (Phi) is 6.55. The van der Waals surface area contributed by atoms with Crippen LogP contribution in [0.15, 0.2) is 48.0 Å². The Morgan fingerprint density at radius 1 is 1.12 bits per heavy atom. The number of ketones is 1. The SMILES string of the molecule is COCCN1C(=O)C(=O)/C(=C(\O)c2cccc(OC(C)C)c2)C1c1ccc2c(c1)OCCO2. The minimum absolute atomic E-state index is 0.00878. The number of Topliss-reactive ketones (excluding diaryl/α,β-unsaturated/α-hetero) is 1. The molecule has 0 aromatic heterocycles. The van der Waals surface area contributed by atoms with Gasteiger partial charge in [0.15, 0.2) is 11.5 Å². The second-order valence-electron chi connectivity index (χ2n) is 8.08. The van der Waals surface area contributed by atoms with E-state index in [4.69, 9.17) is 18.9 Å². The van der Waals surface area contributed by atoms with Gasteiger partial charge in [0.25, 0.3) is 11.7 Å². The molecule has 1 fully saturated rings. The molecule has 2 aliphatic rings. The summed E-state index contributed by atoms with van der Waals surface area (Å²) >= 11 is 0. The van der Waals surface area contributed by atoms with Crippen LogP contribution >= 0.6 is 0 Å². The van der Waals surface area contributed by atoms with Gasteiger partial charge in [-0.3, -0.25) is 9.59 Å². The zero-order valence-corrected chi connectivity index (χ0v) is 18.9. The number of hydrogen-bond donors (Lipinski definition) is 1. The van der Waals surface area contributed by atoms with Crippen LogP contribution in [0.4, 0.5) is 0 Å². The van der Waals surface area contributed by atoms with Crippen molar-refractivity contribution in [2.24, 2.45) is 0 Å². The largest absolute Gasteiger partial charge is 0.507 e. The molecule has 0 bridgehead atoms. The van der Waals surface area contributed by atoms with Crippen LogP contribution in [-0.2, 0) is 14.3 Å². The summed E-state index contributed by atoms with van der Waals surface area (Å²) in [6.07, 6.45) is -0.0558. The van der Waals surface area contributed by atoms with Gasteiger partial charge in [0.05, 0.1) is 24.3 Å². The maximum atomic E-state index is 13.1. The zero-order chi connectivity index (χ0) is 23.5. The van der Waals surface area contributed by atoms with Crippen molar-refractivity contribution in [3.05, 3.63) is 59.2 Å². The fraction of sp³-hybridized carbons (Fsp3) is 0.360. The Bertz CT molecular complexity index is 1090. The molecule has 33 heavy (non-hydrogen) atoms. The topological polar surface area (TPSA) is 94.5 Å². The third-order valence-electron chi connectivity index (χ3n) is 5.44. The van der Waals surface area contributed by atoms with Gasteiger partial charge >= 0.3 is 0 Å². The molecular weight excluding hydrogens is 426 g/mol. The van der Waals surface area contributed by atoms with Crippen molar-refractivity contribution in [2.45, 2.75) is 26.0 Å². The van der Waals surface area contributed by atoms with Crippen molar-refractivity contribution in [2.75, 3.05) is 33.5 Å². The number of hydrogen-bond acceptors (Lipinski definition) is 7. The van der Waals surface area contributed by atoms with Gasteiger partial charge in [0.1, 0.15) is 24.7 Å². The molecule has 4 rings (SSSR count). The highest BCUT2D eigenvalue weighted by Crippen LogP contribution is 2.42. The Labute approximate surface area is 192 Å². The lowest BCUT2D eigenvalue weighted by atomic mass is 9.95. The highest BCUT2D eigenvalue weighted by atomic mass is 16.6. The van der Waals surface area contributed by atoms with Crippen molar-refractivity contribution < 1.29 is 33.6 Å². The van der Waals surface area contributed by atoms with Crippen molar-refractivity contribution in [1.29, 1.82) is 0 Å². The number of carbonyl (C=O) groups excluding carboxylic acids is 2. The fourth-order valence-corrected chi connectivity index (χ4v) is 4.02. The quantitative estimate of drug-likeness (QED) is 0.390. The van der Waals surface area contributed by atoms with E-state index in [-0.39, 0.29) is 30.6 Å². The molecule has 174 valence electrons. The first kappa shape index (κ1) is 22.7. The van der Waals surface area contributed by atoms with Crippen molar-refractivity contribution in [3.8, 4) is 17.2 Å². The summed E-state index contributed by atoms with van der Waals surface area (Å²) in [6.45, 7) is 5.08. The molecule has 2 aliphatic heterocycles. The monoisotopic (exact) mass is 453 g/mol. The van der Waals surface area contributed by atoms with Crippen LogP contribution in [-0.4, -0.2) is 61.3 Å². The van der Waals surface area contributed by atoms with Crippen LogP contribution in [0.25, 0.3) is 5.76 Å². The number of rotatable bonds is 7. The normalized spacial score (nSPS) is 19.3. The van der Waals surface area contributed by atoms with Gasteiger partial charge in [0.2, 0.25) is 0 Å². The molecule has 8 nitrogen and oxygen atoms in total. The lowest BCUT2D eigenvalue weighted by Crippen LogP contribution is -2.32. The van der Waals surface area contributed by atoms with Crippen molar-refractivity contribution >= 4 is 17.4 Å². The average molecular weight is 453 g/mol. The van der Waals surface area contributed by atoms with E-state index in [0.29, 0.717) is 41.6 Å². The van der Waals surface area contributed by atoms with Gasteiger partial charge in [-0.2, -0.15) is 0 Å². The lowest BCUT2D eigenvalue weighted by Gasteiger charge is -2.26. The zero-order valence-electron chi connectivity index (χ0n) is 18.9. The smallest absolute Gasteiger partial charge is 0.295 e. The van der Waals surface area contributed by atoms with E-state index < -0.39 is 17.7 Å². The molecule has 1 N–H and O–H groups in total. The molecule has 0 aliphatic carbocycles. The summed E-state index contributed by atoms with van der Waals surface area (Å²) in [4.78, 5) is 27.4. The van der Waals surface area contributed by atoms with E-state index in [9.17, 15) is 14.7 Å². The first-order valence-corrected chi connectivity index (χ1v) is 10.8. The van der Waals surface area contributed by atoms with Crippen LogP contribution in [0, 0.1) is 0 Å². The molecule has 0 spiro atoms. The minimum Gasteiger partial charge on any atom is -0.507 e. The molecule has 0 radical (unpaired) electrons. The van der Waals surface area contributed by atoms with E-state index in [0.717, 1.165) is 0 Å². The number of benzene rings is 2. The summed E-state index contributed by atoms with van der Waals surface area (Å²) in [5, 5.41) is 11.2. The first-order valence-electron chi connectivity index (χ1n) is 10.8. The predicted octanol–water partition coefficient (Wildman–Crippen LogP) is 3.31. The number of fused-ring (bicyclic) bond motifs is 1. The van der Waals surface area contributed by atoms with Gasteiger partial charge in [-0.05, 0) is 43.7 Å². The van der Waals surface area contributed by atoms with Crippen molar-refractivity contribution in [1.82, 2.24) is 4.90 Å². The molecule has 8 heteroatoms.